The van der Waals surface area contributed by atoms with Gasteiger partial charge in [-0.05, 0) is 31.0 Å². The summed E-state index contributed by atoms with van der Waals surface area (Å²) in [5, 5.41) is 24.1. The summed E-state index contributed by atoms with van der Waals surface area (Å²) in [6.07, 6.45) is 1.53. The number of hydrogen-bond donors (Lipinski definition) is 4. The minimum Gasteiger partial charge on any atom is -0.394 e. The van der Waals surface area contributed by atoms with Gasteiger partial charge in [0.1, 0.15) is 0 Å². The van der Waals surface area contributed by atoms with Crippen LogP contribution in [-0.4, -0.2) is 35.4 Å². The summed E-state index contributed by atoms with van der Waals surface area (Å²) in [5.74, 6) is -0.0125. The highest BCUT2D eigenvalue weighted by atomic mass is 16.3. The smallest absolute Gasteiger partial charge is 0.224 e. The van der Waals surface area contributed by atoms with Crippen LogP contribution in [0.4, 0.5) is 11.4 Å². The van der Waals surface area contributed by atoms with Crippen LogP contribution in [0.1, 0.15) is 31.7 Å². The molecule has 0 radical (unpaired) electrons. The van der Waals surface area contributed by atoms with Gasteiger partial charge < -0.3 is 20.8 Å². The van der Waals surface area contributed by atoms with Crippen LogP contribution in [-0.2, 0) is 4.79 Å². The summed E-state index contributed by atoms with van der Waals surface area (Å²) in [7, 11) is 0. The molecule has 1 amide bonds. The first-order valence-corrected chi connectivity index (χ1v) is 7.00. The fourth-order valence-electron chi connectivity index (χ4n) is 1.76. The van der Waals surface area contributed by atoms with Crippen LogP contribution in [0.3, 0.4) is 0 Å². The maximum absolute atomic E-state index is 11.8. The van der Waals surface area contributed by atoms with Crippen molar-refractivity contribution < 1.29 is 15.0 Å². The van der Waals surface area contributed by atoms with E-state index in [9.17, 15) is 9.90 Å². The van der Waals surface area contributed by atoms with E-state index in [1.165, 1.54) is 0 Å². The summed E-state index contributed by atoms with van der Waals surface area (Å²) in [4.78, 5) is 11.8. The maximum Gasteiger partial charge on any atom is 0.224 e. The first-order valence-electron chi connectivity index (χ1n) is 7.00. The van der Waals surface area contributed by atoms with Gasteiger partial charge in [-0.25, -0.2) is 0 Å². The van der Waals surface area contributed by atoms with E-state index in [0.29, 0.717) is 12.1 Å². The number of anilines is 2. The predicted molar refractivity (Wildman–Crippen MR) is 80.9 cm³/mol. The Morgan fingerprint density at radius 3 is 2.75 bits per heavy atom. The Morgan fingerprint density at radius 2 is 2.10 bits per heavy atom. The molecule has 0 fully saturated rings. The number of aryl methyl sites for hydroxylation is 1. The Labute approximate surface area is 120 Å². The highest BCUT2D eigenvalue weighted by Gasteiger charge is 2.08. The van der Waals surface area contributed by atoms with Crippen LogP contribution in [0.5, 0.6) is 0 Å². The molecule has 0 heterocycles. The van der Waals surface area contributed by atoms with E-state index in [1.54, 1.807) is 0 Å². The van der Waals surface area contributed by atoms with E-state index >= 15 is 0 Å². The number of rotatable bonds is 8. The second-order valence-electron chi connectivity index (χ2n) is 4.92. The van der Waals surface area contributed by atoms with E-state index in [2.05, 4.69) is 10.6 Å². The largest absolute Gasteiger partial charge is 0.394 e. The SMILES string of the molecule is CCCCC(=O)Nc1ccc(C)cc1NCC(O)CO. The van der Waals surface area contributed by atoms with E-state index in [0.717, 1.165) is 24.1 Å². The number of unbranched alkanes of at least 4 members (excludes halogenated alkanes) is 1. The van der Waals surface area contributed by atoms with Gasteiger partial charge in [0.05, 0.1) is 24.1 Å². The van der Waals surface area contributed by atoms with Gasteiger partial charge in [0.15, 0.2) is 0 Å². The Balaban J connectivity index is 2.71. The number of aliphatic hydroxyl groups is 2. The van der Waals surface area contributed by atoms with Crippen LogP contribution in [0.25, 0.3) is 0 Å². The molecule has 1 aromatic carbocycles. The monoisotopic (exact) mass is 280 g/mol. The Bertz CT molecular complexity index is 435. The van der Waals surface area contributed by atoms with E-state index < -0.39 is 6.10 Å². The van der Waals surface area contributed by atoms with Crippen molar-refractivity contribution in [2.75, 3.05) is 23.8 Å². The standard InChI is InChI=1S/C15H24N2O3/c1-3-4-5-15(20)17-13-7-6-11(2)8-14(13)16-9-12(19)10-18/h6-8,12,16,18-19H,3-5,9-10H2,1-2H3,(H,17,20). The zero-order valence-corrected chi connectivity index (χ0v) is 12.1. The maximum atomic E-state index is 11.8. The summed E-state index contributed by atoms with van der Waals surface area (Å²) in [6, 6.07) is 5.66. The van der Waals surface area contributed by atoms with Gasteiger partial charge in [-0.2, -0.15) is 0 Å². The Kier molecular flexibility index (Phi) is 7.04. The van der Waals surface area contributed by atoms with E-state index in [-0.39, 0.29) is 19.1 Å². The fraction of sp³-hybridized carbons (Fsp3) is 0.533. The minimum atomic E-state index is -0.820. The number of amides is 1. The quantitative estimate of drug-likeness (QED) is 0.586. The van der Waals surface area contributed by atoms with Crippen LogP contribution < -0.4 is 10.6 Å². The topological polar surface area (TPSA) is 81.6 Å². The molecular weight excluding hydrogens is 256 g/mol. The molecule has 1 atom stereocenters. The van der Waals surface area contributed by atoms with Crippen LogP contribution in [0.2, 0.25) is 0 Å². The molecule has 1 unspecified atom stereocenters. The van der Waals surface area contributed by atoms with Crippen LogP contribution in [0, 0.1) is 6.92 Å². The first-order chi connectivity index (χ1) is 9.56. The Hall–Kier alpha value is -1.59. The van der Waals surface area contributed by atoms with Crippen molar-refractivity contribution >= 4 is 17.3 Å². The van der Waals surface area contributed by atoms with Gasteiger partial charge in [-0.3, -0.25) is 4.79 Å². The number of benzene rings is 1. The molecule has 0 aliphatic heterocycles. The number of aliphatic hydroxyl groups excluding tert-OH is 2. The molecule has 4 N–H and O–H groups in total. The second-order valence-corrected chi connectivity index (χ2v) is 4.92. The van der Waals surface area contributed by atoms with Crippen molar-refractivity contribution in [2.24, 2.45) is 0 Å². The van der Waals surface area contributed by atoms with Gasteiger partial charge in [0.25, 0.3) is 0 Å². The van der Waals surface area contributed by atoms with Crippen molar-refractivity contribution in [3.63, 3.8) is 0 Å². The van der Waals surface area contributed by atoms with Crippen LogP contribution in [0.15, 0.2) is 18.2 Å². The van der Waals surface area contributed by atoms with Crippen molar-refractivity contribution in [1.82, 2.24) is 0 Å². The number of nitrogens with one attached hydrogen (secondary N) is 2. The van der Waals surface area contributed by atoms with Gasteiger partial charge in [0.2, 0.25) is 5.91 Å². The van der Waals surface area contributed by atoms with Gasteiger partial charge >= 0.3 is 0 Å². The molecule has 0 saturated heterocycles. The molecule has 0 spiro atoms. The zero-order chi connectivity index (χ0) is 15.0. The lowest BCUT2D eigenvalue weighted by molar-refractivity contribution is -0.116. The molecule has 5 nitrogen and oxygen atoms in total. The molecule has 0 saturated carbocycles. The average Bonchev–Trinajstić information content (AvgIpc) is 2.44. The predicted octanol–water partition coefficient (Wildman–Crippen LogP) is 1.89. The molecule has 0 aliphatic carbocycles. The molecule has 5 heteroatoms. The molecule has 0 bridgehead atoms. The third-order valence-corrected chi connectivity index (χ3v) is 2.95. The van der Waals surface area contributed by atoms with E-state index in [1.807, 2.05) is 32.0 Å². The van der Waals surface area contributed by atoms with Crippen LogP contribution >= 0.6 is 0 Å². The highest BCUT2D eigenvalue weighted by Crippen LogP contribution is 2.23. The van der Waals surface area contributed by atoms with Crippen molar-refractivity contribution in [1.29, 1.82) is 0 Å². The summed E-state index contributed by atoms with van der Waals surface area (Å²) < 4.78 is 0. The molecule has 1 rings (SSSR count). The zero-order valence-electron chi connectivity index (χ0n) is 12.1. The summed E-state index contributed by atoms with van der Waals surface area (Å²) >= 11 is 0. The summed E-state index contributed by atoms with van der Waals surface area (Å²) in [5.41, 5.74) is 2.50. The first kappa shape index (κ1) is 16.5. The average molecular weight is 280 g/mol. The summed E-state index contributed by atoms with van der Waals surface area (Å²) in [6.45, 7) is 3.94. The number of carbonyl (C=O) groups is 1. The lowest BCUT2D eigenvalue weighted by atomic mass is 10.1. The molecule has 0 aliphatic rings. The second kappa shape index (κ2) is 8.55. The molecular formula is C15H24N2O3. The van der Waals surface area contributed by atoms with Crippen molar-refractivity contribution in [2.45, 2.75) is 39.2 Å². The molecule has 1 aromatic rings. The lowest BCUT2D eigenvalue weighted by Gasteiger charge is -2.15. The van der Waals surface area contributed by atoms with Gasteiger partial charge in [-0.1, -0.05) is 19.4 Å². The Morgan fingerprint density at radius 1 is 1.35 bits per heavy atom. The fourth-order valence-corrected chi connectivity index (χ4v) is 1.76. The lowest BCUT2D eigenvalue weighted by Crippen LogP contribution is -2.23. The molecule has 20 heavy (non-hydrogen) atoms. The van der Waals surface area contributed by atoms with Gasteiger partial charge in [0, 0.05) is 13.0 Å². The van der Waals surface area contributed by atoms with Crippen molar-refractivity contribution in [3.05, 3.63) is 23.8 Å². The van der Waals surface area contributed by atoms with Crippen molar-refractivity contribution in [3.8, 4) is 0 Å². The molecule has 0 aromatic heterocycles. The van der Waals surface area contributed by atoms with Gasteiger partial charge in [-0.15, -0.1) is 0 Å². The normalized spacial score (nSPS) is 12.0. The highest BCUT2D eigenvalue weighted by molar-refractivity contribution is 5.94. The molecule has 112 valence electrons. The number of hydrogen-bond acceptors (Lipinski definition) is 4. The van der Waals surface area contributed by atoms with E-state index in [4.69, 9.17) is 5.11 Å². The third kappa shape index (κ3) is 5.59. The number of carbonyl (C=O) groups excluding carboxylic acids is 1. The third-order valence-electron chi connectivity index (χ3n) is 2.95. The minimum absolute atomic E-state index is 0.0125.